The van der Waals surface area contributed by atoms with Crippen molar-refractivity contribution in [2.24, 2.45) is 0 Å². The zero-order valence-electron chi connectivity index (χ0n) is 32.1. The van der Waals surface area contributed by atoms with Gasteiger partial charge in [0.25, 0.3) is 5.92 Å². The lowest BCUT2D eigenvalue weighted by atomic mass is 9.79. The fourth-order valence-corrected chi connectivity index (χ4v) is 6.38. The predicted molar refractivity (Wildman–Crippen MR) is 212 cm³/mol. The molecule has 1 aliphatic rings. The van der Waals surface area contributed by atoms with Gasteiger partial charge in [-0.25, -0.2) is 8.78 Å². The molecule has 2 aromatic carbocycles. The smallest absolute Gasteiger partial charge is 0.270 e. The molecule has 2 N–H and O–H groups in total. The van der Waals surface area contributed by atoms with Crippen molar-refractivity contribution >= 4 is 0 Å². The Kier molecular flexibility index (Phi) is 21.2. The summed E-state index contributed by atoms with van der Waals surface area (Å²) < 4.78 is 30.0. The Balaban J connectivity index is 0.00000289. The summed E-state index contributed by atoms with van der Waals surface area (Å²) in [7, 11) is 0. The van der Waals surface area contributed by atoms with Gasteiger partial charge in [-0.2, -0.15) is 0 Å². The van der Waals surface area contributed by atoms with Gasteiger partial charge in [0.05, 0.1) is 11.4 Å². The van der Waals surface area contributed by atoms with Gasteiger partial charge in [-0.15, -0.1) is 0 Å². The van der Waals surface area contributed by atoms with Crippen LogP contribution in [0, 0.1) is 0 Å². The molecular weight excluding hydrogens is 607 g/mol. The van der Waals surface area contributed by atoms with Crippen LogP contribution in [0.3, 0.4) is 0 Å². The molecule has 1 atom stereocenters. The fourth-order valence-electron chi connectivity index (χ4n) is 6.38. The Morgan fingerprint density at radius 3 is 2.16 bits per heavy atom. The van der Waals surface area contributed by atoms with E-state index in [2.05, 4.69) is 73.7 Å². The molecular formula is C45H68F2N2. The second-order valence-electron chi connectivity index (χ2n) is 13.1. The topological polar surface area (TPSA) is 24.1 Å². The van der Waals surface area contributed by atoms with E-state index in [1.807, 2.05) is 45.9 Å². The van der Waals surface area contributed by atoms with E-state index >= 15 is 0 Å². The Hall–Kier alpha value is -3.40. The largest absolute Gasteiger partial charge is 0.370 e. The maximum Gasteiger partial charge on any atom is 0.270 e. The number of benzene rings is 2. The number of nitrogens with one attached hydrogen (secondary N) is 2. The van der Waals surface area contributed by atoms with Gasteiger partial charge in [-0.1, -0.05) is 164 Å². The van der Waals surface area contributed by atoms with Crippen LogP contribution >= 0.6 is 0 Å². The highest BCUT2D eigenvalue weighted by atomic mass is 19.3. The molecule has 2 aromatic rings. The standard InChI is InChI=1S/C41H56F2N2.2C2H6/c1-7-18-33(4)19-11-9-12-20-35-23-17-24-38(30-35)41(31-36-21-13-10-14-22-36,45-34(5)44-39-25-15-16-26-39)28-27-37(40(6,42)43)29-32(3)8-2;2*1-2/h8,10,13-14,17,21-24,27,29-30,39,44-45H,2,4-5,7,9,11-12,15-16,18-20,25-26,28,31H2,1,3,6H3;2*1-2H3/b32-29-,37-27+;;. The molecule has 2 nitrogen and oxygen atoms in total. The van der Waals surface area contributed by atoms with Crippen LogP contribution in [0.1, 0.15) is 136 Å². The molecule has 49 heavy (non-hydrogen) atoms. The first-order valence-corrected chi connectivity index (χ1v) is 19.0. The highest BCUT2D eigenvalue weighted by molar-refractivity contribution is 5.37. The van der Waals surface area contributed by atoms with E-state index in [1.165, 1.54) is 30.4 Å². The Morgan fingerprint density at radius 2 is 1.55 bits per heavy atom. The minimum absolute atomic E-state index is 0.00526. The van der Waals surface area contributed by atoms with Gasteiger partial charge in [0.2, 0.25) is 0 Å². The van der Waals surface area contributed by atoms with Crippen LogP contribution < -0.4 is 10.6 Å². The molecule has 0 amide bonds. The summed E-state index contributed by atoms with van der Waals surface area (Å²) in [6.07, 6.45) is 18.3. The molecule has 0 radical (unpaired) electrons. The van der Waals surface area contributed by atoms with Gasteiger partial charge in [-0.3, -0.25) is 0 Å². The number of alkyl halides is 2. The molecule has 3 rings (SSSR count). The maximum atomic E-state index is 15.0. The van der Waals surface area contributed by atoms with Crippen LogP contribution in [0.15, 0.2) is 115 Å². The van der Waals surface area contributed by atoms with Crippen molar-refractivity contribution in [2.75, 3.05) is 0 Å². The number of allylic oxidation sites excluding steroid dienone is 5. The molecule has 0 aromatic heterocycles. The van der Waals surface area contributed by atoms with E-state index in [4.69, 9.17) is 0 Å². The van der Waals surface area contributed by atoms with E-state index in [9.17, 15) is 8.78 Å². The maximum absolute atomic E-state index is 15.0. The zero-order valence-corrected chi connectivity index (χ0v) is 32.1. The molecule has 0 spiro atoms. The summed E-state index contributed by atoms with van der Waals surface area (Å²) in [5.74, 6) is -2.25. The third-order valence-corrected chi connectivity index (χ3v) is 8.93. The normalized spacial score (nSPS) is 14.8. The summed E-state index contributed by atoms with van der Waals surface area (Å²) in [5, 5.41) is 7.40. The van der Waals surface area contributed by atoms with Crippen molar-refractivity contribution in [3.8, 4) is 0 Å². The molecule has 1 unspecified atom stereocenters. The number of rotatable bonds is 20. The summed E-state index contributed by atoms with van der Waals surface area (Å²) >= 11 is 0. The molecule has 0 bridgehead atoms. The monoisotopic (exact) mass is 675 g/mol. The highest BCUT2D eigenvalue weighted by Crippen LogP contribution is 2.35. The molecule has 0 heterocycles. The van der Waals surface area contributed by atoms with Gasteiger partial charge >= 0.3 is 0 Å². The van der Waals surface area contributed by atoms with Crippen molar-refractivity contribution in [1.29, 1.82) is 0 Å². The second kappa shape index (κ2) is 23.9. The van der Waals surface area contributed by atoms with Crippen LogP contribution in [-0.2, 0) is 18.4 Å². The van der Waals surface area contributed by atoms with E-state index in [1.54, 1.807) is 25.2 Å². The third-order valence-electron chi connectivity index (χ3n) is 8.93. The van der Waals surface area contributed by atoms with E-state index in [0.717, 1.165) is 75.2 Å². The van der Waals surface area contributed by atoms with E-state index in [-0.39, 0.29) is 5.57 Å². The second-order valence-corrected chi connectivity index (χ2v) is 13.1. The van der Waals surface area contributed by atoms with Gasteiger partial charge in [-0.05, 0) is 81.4 Å². The third kappa shape index (κ3) is 16.2. The van der Waals surface area contributed by atoms with E-state index in [0.29, 0.717) is 24.5 Å². The molecule has 0 aliphatic heterocycles. The first kappa shape index (κ1) is 43.6. The first-order valence-electron chi connectivity index (χ1n) is 19.0. The fraction of sp³-hybridized carbons (Fsp3) is 0.511. The average Bonchev–Trinajstić information content (AvgIpc) is 3.61. The zero-order chi connectivity index (χ0) is 36.7. The number of hydrogen-bond donors (Lipinski definition) is 2. The van der Waals surface area contributed by atoms with Crippen molar-refractivity contribution in [3.05, 3.63) is 132 Å². The van der Waals surface area contributed by atoms with Crippen LogP contribution in [0.25, 0.3) is 0 Å². The SMILES string of the molecule is C=C/C(C)=C\C(=C/CC(Cc1ccccc1)(NC(=C)NC1CCCC1)c1cccc(CCCCCC(=C)CCC)c1)C(C)(F)F.CC.CC. The van der Waals surface area contributed by atoms with Crippen LogP contribution in [-0.4, -0.2) is 12.0 Å². The average molecular weight is 675 g/mol. The van der Waals surface area contributed by atoms with Crippen molar-refractivity contribution in [2.45, 2.75) is 149 Å². The number of aryl methyl sites for hydroxylation is 1. The quantitative estimate of drug-likeness (QED) is 0.0830. The molecule has 272 valence electrons. The molecule has 0 saturated heterocycles. The van der Waals surface area contributed by atoms with Crippen LogP contribution in [0.4, 0.5) is 8.78 Å². The Bertz CT molecular complexity index is 1290. The minimum atomic E-state index is -2.99. The predicted octanol–water partition coefficient (Wildman–Crippen LogP) is 13.3. The minimum Gasteiger partial charge on any atom is -0.370 e. The van der Waals surface area contributed by atoms with E-state index < -0.39 is 11.5 Å². The molecule has 1 saturated carbocycles. The van der Waals surface area contributed by atoms with Gasteiger partial charge in [0.1, 0.15) is 0 Å². The van der Waals surface area contributed by atoms with Gasteiger partial charge in [0, 0.05) is 18.5 Å². The number of halogens is 2. The Morgan fingerprint density at radius 1 is 0.898 bits per heavy atom. The lowest BCUT2D eigenvalue weighted by Gasteiger charge is -2.38. The number of unbranched alkanes of at least 4 members (excludes halogenated alkanes) is 2. The van der Waals surface area contributed by atoms with Crippen molar-refractivity contribution in [3.63, 3.8) is 0 Å². The van der Waals surface area contributed by atoms with Crippen LogP contribution in [0.2, 0.25) is 0 Å². The lowest BCUT2D eigenvalue weighted by Crippen LogP contribution is -2.47. The van der Waals surface area contributed by atoms with Crippen molar-refractivity contribution in [1.82, 2.24) is 10.6 Å². The van der Waals surface area contributed by atoms with Gasteiger partial charge in [0.15, 0.2) is 0 Å². The summed E-state index contributed by atoms with van der Waals surface area (Å²) in [6, 6.07) is 19.4. The molecule has 4 heteroatoms. The number of hydrogen-bond acceptors (Lipinski definition) is 2. The Labute approximate surface area is 300 Å². The van der Waals surface area contributed by atoms with Crippen LogP contribution in [0.5, 0.6) is 0 Å². The van der Waals surface area contributed by atoms with Crippen molar-refractivity contribution < 1.29 is 8.78 Å². The molecule has 1 aliphatic carbocycles. The highest BCUT2D eigenvalue weighted by Gasteiger charge is 2.35. The summed E-state index contributed by atoms with van der Waals surface area (Å²) in [6.45, 7) is 25.4. The van der Waals surface area contributed by atoms with Gasteiger partial charge < -0.3 is 10.6 Å². The summed E-state index contributed by atoms with van der Waals surface area (Å²) in [5.41, 5.74) is 4.82. The summed E-state index contributed by atoms with van der Waals surface area (Å²) in [4.78, 5) is 0. The lowest BCUT2D eigenvalue weighted by molar-refractivity contribution is 0.0668. The first-order chi connectivity index (χ1) is 23.5. The molecule has 1 fully saturated rings.